The van der Waals surface area contributed by atoms with Crippen molar-refractivity contribution in [1.29, 1.82) is 0 Å². The number of hydrogen-bond donors (Lipinski definition) is 2. The first-order valence-electron chi connectivity index (χ1n) is 6.18. The molecule has 3 rings (SSSR count). The van der Waals surface area contributed by atoms with Crippen molar-refractivity contribution >= 4 is 17.4 Å². The maximum atomic E-state index is 10.9. The second kappa shape index (κ2) is 5.01. The standard InChI is InChI=1S/C16H12N2O2/c19-16(20)12-7-5-11(6-8-12)15-13-3-1-2-4-14(13)17-9-10-18-15/h1-10,17H,(H,19,20). The number of benzene rings is 2. The summed E-state index contributed by atoms with van der Waals surface area (Å²) < 4.78 is 0. The van der Waals surface area contributed by atoms with E-state index in [1.807, 2.05) is 24.3 Å². The van der Waals surface area contributed by atoms with E-state index in [2.05, 4.69) is 10.3 Å². The Hall–Kier alpha value is -2.88. The summed E-state index contributed by atoms with van der Waals surface area (Å²) in [7, 11) is 0. The normalized spacial score (nSPS) is 12.9. The van der Waals surface area contributed by atoms with Crippen LogP contribution in [-0.4, -0.2) is 16.8 Å². The fraction of sp³-hybridized carbons (Fsp3) is 0. The monoisotopic (exact) mass is 264 g/mol. The molecule has 1 aliphatic heterocycles. The molecule has 2 aromatic carbocycles. The number of nitrogens with zero attached hydrogens (tertiary/aromatic N) is 1. The number of para-hydroxylation sites is 1. The van der Waals surface area contributed by atoms with Crippen LogP contribution in [0.1, 0.15) is 21.5 Å². The summed E-state index contributed by atoms with van der Waals surface area (Å²) in [5.41, 5.74) is 3.93. The van der Waals surface area contributed by atoms with E-state index in [4.69, 9.17) is 5.11 Å². The second-order valence-corrected chi connectivity index (χ2v) is 4.37. The van der Waals surface area contributed by atoms with Gasteiger partial charge in [-0.05, 0) is 18.2 Å². The van der Waals surface area contributed by atoms with Crippen molar-refractivity contribution < 1.29 is 9.90 Å². The number of carboxylic acids is 1. The third kappa shape index (κ3) is 2.19. The minimum atomic E-state index is -0.929. The van der Waals surface area contributed by atoms with Crippen molar-refractivity contribution in [2.24, 2.45) is 4.99 Å². The zero-order chi connectivity index (χ0) is 13.9. The molecule has 2 aromatic rings. The summed E-state index contributed by atoms with van der Waals surface area (Å²) >= 11 is 0. The number of aromatic carboxylic acids is 1. The fourth-order valence-corrected chi connectivity index (χ4v) is 2.12. The SMILES string of the molecule is O=C(O)c1ccc(C2=NC=CNc3ccccc32)cc1. The molecule has 1 heterocycles. The lowest BCUT2D eigenvalue weighted by atomic mass is 9.99. The van der Waals surface area contributed by atoms with Crippen LogP contribution in [0, 0.1) is 0 Å². The van der Waals surface area contributed by atoms with E-state index in [1.165, 1.54) is 0 Å². The van der Waals surface area contributed by atoms with E-state index in [-0.39, 0.29) is 5.56 Å². The van der Waals surface area contributed by atoms with E-state index in [0.29, 0.717) is 0 Å². The van der Waals surface area contributed by atoms with E-state index >= 15 is 0 Å². The van der Waals surface area contributed by atoms with Crippen molar-refractivity contribution in [3.8, 4) is 0 Å². The molecule has 0 amide bonds. The number of fused-ring (bicyclic) bond motifs is 1. The molecule has 0 fully saturated rings. The Morgan fingerprint density at radius 1 is 1.05 bits per heavy atom. The largest absolute Gasteiger partial charge is 0.478 e. The minimum absolute atomic E-state index is 0.268. The van der Waals surface area contributed by atoms with Gasteiger partial charge >= 0.3 is 5.97 Å². The summed E-state index contributed by atoms with van der Waals surface area (Å²) in [5.74, 6) is -0.929. The highest BCUT2D eigenvalue weighted by molar-refractivity contribution is 6.16. The number of nitrogens with one attached hydrogen (secondary N) is 1. The lowest BCUT2D eigenvalue weighted by Crippen LogP contribution is -2.05. The van der Waals surface area contributed by atoms with E-state index in [9.17, 15) is 4.79 Å². The quantitative estimate of drug-likeness (QED) is 0.876. The number of anilines is 1. The van der Waals surface area contributed by atoms with Crippen molar-refractivity contribution in [3.63, 3.8) is 0 Å². The molecule has 98 valence electrons. The van der Waals surface area contributed by atoms with Crippen LogP contribution in [0.3, 0.4) is 0 Å². The zero-order valence-corrected chi connectivity index (χ0v) is 10.6. The van der Waals surface area contributed by atoms with E-state index in [0.717, 1.165) is 22.5 Å². The number of rotatable bonds is 2. The van der Waals surface area contributed by atoms with Gasteiger partial charge in [-0.1, -0.05) is 30.3 Å². The molecule has 0 aliphatic carbocycles. The molecule has 0 aromatic heterocycles. The maximum Gasteiger partial charge on any atom is 0.335 e. The fourth-order valence-electron chi connectivity index (χ4n) is 2.12. The first-order chi connectivity index (χ1) is 9.75. The number of carbonyl (C=O) groups is 1. The van der Waals surface area contributed by atoms with E-state index < -0.39 is 5.97 Å². The molecule has 0 saturated carbocycles. The molecular formula is C16H12N2O2. The Bertz CT molecular complexity index is 716. The first-order valence-corrected chi connectivity index (χ1v) is 6.18. The summed E-state index contributed by atoms with van der Waals surface area (Å²) in [5, 5.41) is 12.1. The molecule has 4 nitrogen and oxygen atoms in total. The molecule has 4 heteroatoms. The second-order valence-electron chi connectivity index (χ2n) is 4.37. The summed E-state index contributed by atoms with van der Waals surface area (Å²) in [6.45, 7) is 0. The van der Waals surface area contributed by atoms with Crippen LogP contribution in [0.25, 0.3) is 0 Å². The third-order valence-corrected chi connectivity index (χ3v) is 3.10. The molecule has 1 aliphatic rings. The third-order valence-electron chi connectivity index (χ3n) is 3.10. The summed E-state index contributed by atoms with van der Waals surface area (Å²) in [6.07, 6.45) is 3.47. The molecule has 0 spiro atoms. The number of carboxylic acid groups (broad SMARTS) is 1. The van der Waals surface area contributed by atoms with Crippen LogP contribution in [0.2, 0.25) is 0 Å². The lowest BCUT2D eigenvalue weighted by molar-refractivity contribution is 0.0697. The predicted octanol–water partition coefficient (Wildman–Crippen LogP) is 3.12. The average molecular weight is 264 g/mol. The van der Waals surface area contributed by atoms with Crippen LogP contribution < -0.4 is 5.32 Å². The van der Waals surface area contributed by atoms with Crippen LogP contribution in [0.15, 0.2) is 65.9 Å². The van der Waals surface area contributed by atoms with Crippen molar-refractivity contribution in [2.75, 3.05) is 5.32 Å². The summed E-state index contributed by atoms with van der Waals surface area (Å²) in [6, 6.07) is 14.6. The molecule has 0 bridgehead atoms. The molecular weight excluding hydrogens is 252 g/mol. The smallest absolute Gasteiger partial charge is 0.335 e. The average Bonchev–Trinajstić information content (AvgIpc) is 2.69. The molecule has 0 radical (unpaired) electrons. The van der Waals surface area contributed by atoms with E-state index in [1.54, 1.807) is 36.7 Å². The highest BCUT2D eigenvalue weighted by atomic mass is 16.4. The van der Waals surface area contributed by atoms with Crippen LogP contribution >= 0.6 is 0 Å². The van der Waals surface area contributed by atoms with Gasteiger partial charge < -0.3 is 10.4 Å². The van der Waals surface area contributed by atoms with Crippen LogP contribution in [-0.2, 0) is 0 Å². The number of hydrogen-bond acceptors (Lipinski definition) is 3. The van der Waals surface area contributed by atoms with Crippen molar-refractivity contribution in [3.05, 3.63) is 77.6 Å². The van der Waals surface area contributed by atoms with Crippen molar-refractivity contribution in [1.82, 2.24) is 0 Å². The van der Waals surface area contributed by atoms with Gasteiger partial charge in [-0.3, -0.25) is 4.99 Å². The topological polar surface area (TPSA) is 61.7 Å². The van der Waals surface area contributed by atoms with Gasteiger partial charge in [0.15, 0.2) is 0 Å². The summed E-state index contributed by atoms with van der Waals surface area (Å²) in [4.78, 5) is 15.3. The van der Waals surface area contributed by atoms with Gasteiger partial charge in [0.25, 0.3) is 0 Å². The molecule has 0 unspecified atom stereocenters. The highest BCUT2D eigenvalue weighted by Gasteiger charge is 2.13. The van der Waals surface area contributed by atoms with Gasteiger partial charge in [0, 0.05) is 29.2 Å². The number of aliphatic imine (C=N–C) groups is 1. The predicted molar refractivity (Wildman–Crippen MR) is 78.2 cm³/mol. The van der Waals surface area contributed by atoms with Crippen molar-refractivity contribution in [2.45, 2.75) is 0 Å². The Morgan fingerprint density at radius 3 is 2.55 bits per heavy atom. The zero-order valence-electron chi connectivity index (χ0n) is 10.6. The van der Waals surface area contributed by atoms with Gasteiger partial charge in [-0.15, -0.1) is 0 Å². The van der Waals surface area contributed by atoms with Gasteiger partial charge in [0.2, 0.25) is 0 Å². The Morgan fingerprint density at radius 2 is 1.80 bits per heavy atom. The Labute approximate surface area is 116 Å². The Balaban J connectivity index is 2.07. The molecule has 2 N–H and O–H groups in total. The van der Waals surface area contributed by atoms with Gasteiger partial charge in [0.05, 0.1) is 11.3 Å². The van der Waals surface area contributed by atoms with Gasteiger partial charge in [-0.25, -0.2) is 4.79 Å². The van der Waals surface area contributed by atoms with Gasteiger partial charge in [-0.2, -0.15) is 0 Å². The lowest BCUT2D eigenvalue weighted by Gasteiger charge is -2.10. The maximum absolute atomic E-state index is 10.9. The van der Waals surface area contributed by atoms with Gasteiger partial charge in [0.1, 0.15) is 0 Å². The first kappa shape index (κ1) is 12.2. The molecule has 0 atom stereocenters. The van der Waals surface area contributed by atoms with Crippen LogP contribution in [0.4, 0.5) is 5.69 Å². The highest BCUT2D eigenvalue weighted by Crippen LogP contribution is 2.22. The molecule has 0 saturated heterocycles. The van der Waals surface area contributed by atoms with Crippen LogP contribution in [0.5, 0.6) is 0 Å². The molecule has 20 heavy (non-hydrogen) atoms. The minimum Gasteiger partial charge on any atom is -0.478 e. The Kier molecular flexibility index (Phi) is 3.05.